The number of carbonyl (C=O) groups is 1. The molecule has 29 heavy (non-hydrogen) atoms. The summed E-state index contributed by atoms with van der Waals surface area (Å²) in [5.74, 6) is -1.07. The molecular formula is C25H25NO3. The van der Waals surface area contributed by atoms with E-state index in [1.165, 1.54) is 5.56 Å². The van der Waals surface area contributed by atoms with Crippen molar-refractivity contribution in [3.8, 4) is 11.1 Å². The highest BCUT2D eigenvalue weighted by Crippen LogP contribution is 2.54. The van der Waals surface area contributed by atoms with Gasteiger partial charge in [-0.25, -0.2) is 0 Å². The molecule has 0 amide bonds. The SMILES string of the molecule is Cc1cc(C)c(C2(OC[C@H](N)C(=O)O)c3ccccc3-c3ccccc32)c(C)c1. The number of ether oxygens (including phenoxy) is 1. The molecule has 3 aromatic carbocycles. The molecule has 0 unspecified atom stereocenters. The van der Waals surface area contributed by atoms with Crippen molar-refractivity contribution in [2.45, 2.75) is 32.4 Å². The fraction of sp³-hybridized carbons (Fsp3) is 0.240. The molecule has 0 heterocycles. The molecule has 1 aliphatic carbocycles. The second kappa shape index (κ2) is 7.14. The van der Waals surface area contributed by atoms with Crippen LogP contribution in [0.25, 0.3) is 11.1 Å². The molecule has 148 valence electrons. The summed E-state index contributed by atoms with van der Waals surface area (Å²) in [4.78, 5) is 11.4. The van der Waals surface area contributed by atoms with Crippen LogP contribution in [0.2, 0.25) is 0 Å². The summed E-state index contributed by atoms with van der Waals surface area (Å²) in [5.41, 5.74) is 13.7. The molecule has 0 bridgehead atoms. The van der Waals surface area contributed by atoms with E-state index in [2.05, 4.69) is 57.2 Å². The third-order valence-electron chi connectivity index (χ3n) is 5.73. The zero-order valence-corrected chi connectivity index (χ0v) is 16.9. The van der Waals surface area contributed by atoms with Crippen molar-refractivity contribution in [2.75, 3.05) is 6.61 Å². The van der Waals surface area contributed by atoms with Crippen LogP contribution in [-0.2, 0) is 15.1 Å². The number of benzene rings is 3. The normalized spacial score (nSPS) is 14.9. The van der Waals surface area contributed by atoms with Gasteiger partial charge >= 0.3 is 5.97 Å². The van der Waals surface area contributed by atoms with Gasteiger partial charge < -0.3 is 15.6 Å². The predicted octanol–water partition coefficient (Wildman–Crippen LogP) is 4.31. The third kappa shape index (κ3) is 2.96. The molecular weight excluding hydrogens is 362 g/mol. The van der Waals surface area contributed by atoms with E-state index in [4.69, 9.17) is 10.5 Å². The lowest BCUT2D eigenvalue weighted by molar-refractivity contribution is -0.141. The van der Waals surface area contributed by atoms with Gasteiger partial charge in [0.1, 0.15) is 11.6 Å². The zero-order chi connectivity index (χ0) is 20.8. The molecule has 0 saturated heterocycles. The van der Waals surface area contributed by atoms with Gasteiger partial charge in [0.2, 0.25) is 0 Å². The largest absolute Gasteiger partial charge is 0.480 e. The van der Waals surface area contributed by atoms with E-state index in [9.17, 15) is 9.90 Å². The Labute approximate surface area is 171 Å². The summed E-state index contributed by atoms with van der Waals surface area (Å²) in [5, 5.41) is 9.34. The highest BCUT2D eigenvalue weighted by atomic mass is 16.5. The fourth-order valence-electron chi connectivity index (χ4n) is 4.71. The number of hydrogen-bond donors (Lipinski definition) is 2. The molecule has 0 aliphatic heterocycles. The van der Waals surface area contributed by atoms with Crippen LogP contribution in [0.1, 0.15) is 33.4 Å². The molecule has 4 nitrogen and oxygen atoms in total. The summed E-state index contributed by atoms with van der Waals surface area (Å²) < 4.78 is 6.55. The molecule has 1 aliphatic rings. The van der Waals surface area contributed by atoms with Crippen LogP contribution < -0.4 is 5.73 Å². The third-order valence-corrected chi connectivity index (χ3v) is 5.73. The van der Waals surface area contributed by atoms with Crippen LogP contribution in [0, 0.1) is 20.8 Å². The van der Waals surface area contributed by atoms with Crippen LogP contribution in [0.4, 0.5) is 0 Å². The number of nitrogens with two attached hydrogens (primary N) is 1. The van der Waals surface area contributed by atoms with E-state index < -0.39 is 17.6 Å². The number of aliphatic carboxylic acids is 1. The Hall–Kier alpha value is -2.95. The maximum atomic E-state index is 11.4. The van der Waals surface area contributed by atoms with Crippen LogP contribution in [-0.4, -0.2) is 23.7 Å². The quantitative estimate of drug-likeness (QED) is 0.684. The van der Waals surface area contributed by atoms with Gasteiger partial charge in [-0.3, -0.25) is 4.79 Å². The van der Waals surface area contributed by atoms with Crippen molar-refractivity contribution in [2.24, 2.45) is 5.73 Å². The Bertz CT molecular complexity index is 1030. The van der Waals surface area contributed by atoms with Crippen LogP contribution >= 0.6 is 0 Å². The van der Waals surface area contributed by atoms with Crippen molar-refractivity contribution in [3.63, 3.8) is 0 Å². The minimum absolute atomic E-state index is 0.0925. The number of rotatable bonds is 5. The van der Waals surface area contributed by atoms with E-state index in [1.54, 1.807) is 0 Å². The van der Waals surface area contributed by atoms with Crippen LogP contribution in [0.5, 0.6) is 0 Å². The maximum Gasteiger partial charge on any atom is 0.322 e. The standard InChI is InChI=1S/C25H25NO3/c1-15-12-16(2)23(17(3)13-15)25(29-14-22(26)24(27)28)20-10-6-4-8-18(20)19-9-5-7-11-21(19)25/h4-13,22H,14,26H2,1-3H3,(H,27,28)/t22-/m0/s1. The molecule has 0 radical (unpaired) electrons. The Morgan fingerprint density at radius 2 is 1.45 bits per heavy atom. The molecule has 0 spiro atoms. The van der Waals surface area contributed by atoms with Crippen molar-refractivity contribution in [3.05, 3.63) is 94.0 Å². The minimum Gasteiger partial charge on any atom is -0.480 e. The Balaban J connectivity index is 2.04. The van der Waals surface area contributed by atoms with Crippen molar-refractivity contribution >= 4 is 5.97 Å². The van der Waals surface area contributed by atoms with Gasteiger partial charge in [0, 0.05) is 11.1 Å². The Morgan fingerprint density at radius 1 is 0.966 bits per heavy atom. The van der Waals surface area contributed by atoms with E-state index in [0.717, 1.165) is 38.9 Å². The number of carboxylic acids is 1. The van der Waals surface area contributed by atoms with E-state index in [0.29, 0.717) is 0 Å². The summed E-state index contributed by atoms with van der Waals surface area (Å²) in [6, 6.07) is 19.6. The van der Waals surface area contributed by atoms with Gasteiger partial charge in [0.25, 0.3) is 0 Å². The smallest absolute Gasteiger partial charge is 0.322 e. The van der Waals surface area contributed by atoms with Gasteiger partial charge in [-0.1, -0.05) is 66.2 Å². The van der Waals surface area contributed by atoms with E-state index in [-0.39, 0.29) is 6.61 Å². The molecule has 4 heteroatoms. The van der Waals surface area contributed by atoms with Crippen LogP contribution in [0.3, 0.4) is 0 Å². The van der Waals surface area contributed by atoms with Crippen molar-refractivity contribution in [1.82, 2.24) is 0 Å². The monoisotopic (exact) mass is 387 g/mol. The Morgan fingerprint density at radius 3 is 1.93 bits per heavy atom. The lowest BCUT2D eigenvalue weighted by Crippen LogP contribution is -2.41. The lowest BCUT2D eigenvalue weighted by atomic mass is 9.79. The summed E-state index contributed by atoms with van der Waals surface area (Å²) in [6.45, 7) is 6.15. The zero-order valence-electron chi connectivity index (χ0n) is 16.9. The summed E-state index contributed by atoms with van der Waals surface area (Å²) in [7, 11) is 0. The van der Waals surface area contributed by atoms with Gasteiger partial charge in [0.05, 0.1) is 6.61 Å². The topological polar surface area (TPSA) is 72.5 Å². The van der Waals surface area contributed by atoms with Gasteiger partial charge in [0.15, 0.2) is 0 Å². The number of hydrogen-bond acceptors (Lipinski definition) is 3. The molecule has 3 N–H and O–H groups in total. The first-order chi connectivity index (χ1) is 13.9. The molecule has 0 aromatic heterocycles. The number of aryl methyl sites for hydroxylation is 3. The summed E-state index contributed by atoms with van der Waals surface area (Å²) in [6.07, 6.45) is 0. The highest BCUT2D eigenvalue weighted by molar-refractivity contribution is 5.83. The first-order valence-corrected chi connectivity index (χ1v) is 9.76. The van der Waals surface area contributed by atoms with E-state index in [1.807, 2.05) is 24.3 Å². The minimum atomic E-state index is -1.10. The second-order valence-electron chi connectivity index (χ2n) is 7.80. The second-order valence-corrected chi connectivity index (χ2v) is 7.80. The molecule has 0 fully saturated rings. The first kappa shape index (κ1) is 19.4. The van der Waals surface area contributed by atoms with Gasteiger partial charge in [-0.05, 0) is 48.6 Å². The first-order valence-electron chi connectivity index (χ1n) is 9.76. The van der Waals surface area contributed by atoms with Gasteiger partial charge in [-0.2, -0.15) is 0 Å². The van der Waals surface area contributed by atoms with E-state index >= 15 is 0 Å². The summed E-state index contributed by atoms with van der Waals surface area (Å²) >= 11 is 0. The van der Waals surface area contributed by atoms with Crippen molar-refractivity contribution < 1.29 is 14.6 Å². The fourth-order valence-corrected chi connectivity index (χ4v) is 4.71. The average molecular weight is 387 g/mol. The average Bonchev–Trinajstić information content (AvgIpc) is 2.96. The number of fused-ring (bicyclic) bond motifs is 3. The molecule has 3 aromatic rings. The predicted molar refractivity (Wildman–Crippen MR) is 114 cm³/mol. The molecule has 4 rings (SSSR count). The maximum absolute atomic E-state index is 11.4. The van der Waals surface area contributed by atoms with Crippen LogP contribution in [0.15, 0.2) is 60.7 Å². The molecule has 1 atom stereocenters. The lowest BCUT2D eigenvalue weighted by Gasteiger charge is -2.36. The molecule has 0 saturated carbocycles. The highest BCUT2D eigenvalue weighted by Gasteiger charge is 2.47. The van der Waals surface area contributed by atoms with Crippen molar-refractivity contribution in [1.29, 1.82) is 0 Å². The Kier molecular flexibility index (Phi) is 4.77. The number of carboxylic acid groups (broad SMARTS) is 1. The van der Waals surface area contributed by atoms with Gasteiger partial charge in [-0.15, -0.1) is 0 Å².